The molecule has 1 atom stereocenters. The molecular weight excluding hydrogens is 686 g/mol. The second-order valence-electron chi connectivity index (χ2n) is 11.6. The van der Waals surface area contributed by atoms with Gasteiger partial charge in [0.15, 0.2) is 0 Å². The summed E-state index contributed by atoms with van der Waals surface area (Å²) in [5.74, 6) is -0.287. The summed E-state index contributed by atoms with van der Waals surface area (Å²) in [4.78, 5) is 22.2. The van der Waals surface area contributed by atoms with E-state index < -0.39 is 17.0 Å². The topological polar surface area (TPSA) is 36.0 Å². The van der Waals surface area contributed by atoms with E-state index in [-0.39, 0.29) is 5.97 Å². The van der Waals surface area contributed by atoms with Gasteiger partial charge in [0, 0.05) is 64.4 Å². The quantitative estimate of drug-likeness (QED) is 0.119. The molecule has 0 aliphatic carbocycles. The summed E-state index contributed by atoms with van der Waals surface area (Å²) in [5, 5.41) is 2.45. The predicted octanol–water partition coefficient (Wildman–Crippen LogP) is 9.50. The van der Waals surface area contributed by atoms with Gasteiger partial charge in [-0.05, 0) is 61.7 Å². The number of hydrogen-bond donors (Lipinski definition) is 0. The van der Waals surface area contributed by atoms with Crippen LogP contribution in [0.25, 0.3) is 10.8 Å². The van der Waals surface area contributed by atoms with E-state index in [1.54, 1.807) is 12.1 Å². The highest BCUT2D eigenvalue weighted by Gasteiger charge is 2.33. The summed E-state index contributed by atoms with van der Waals surface area (Å²) in [6, 6.07) is 21.3. The first-order chi connectivity index (χ1) is 22.6. The Balaban J connectivity index is 0.958. The van der Waals surface area contributed by atoms with Crippen LogP contribution in [0.4, 0.5) is 24.5 Å². The van der Waals surface area contributed by atoms with E-state index in [1.807, 2.05) is 60.4 Å². The number of fused-ring (bicyclic) bond motifs is 3. The van der Waals surface area contributed by atoms with Crippen LogP contribution < -0.4 is 4.90 Å². The number of piperazine rings is 1. The Morgan fingerprint density at radius 2 is 1.51 bits per heavy atom. The highest BCUT2D eigenvalue weighted by molar-refractivity contribution is 8.01. The number of anilines is 2. The molecule has 2 aliphatic rings. The number of ether oxygens (including phenoxy) is 1. The van der Waals surface area contributed by atoms with Crippen LogP contribution >= 0.6 is 46.7 Å². The fraction of sp³-hybridized carbons (Fsp3) is 0.343. The van der Waals surface area contributed by atoms with Crippen molar-refractivity contribution in [1.29, 1.82) is 0 Å². The number of carbonyl (C=O) groups excluding carboxylic acids is 1. The predicted molar refractivity (Wildman–Crippen MR) is 187 cm³/mol. The van der Waals surface area contributed by atoms with Gasteiger partial charge in [-0.25, -0.2) is 0 Å². The van der Waals surface area contributed by atoms with Gasteiger partial charge >= 0.3 is 12.1 Å². The minimum atomic E-state index is -4.39. The Labute approximate surface area is 291 Å². The maximum atomic E-state index is 13.5. The van der Waals surface area contributed by atoms with E-state index >= 15 is 0 Å². The summed E-state index contributed by atoms with van der Waals surface area (Å²) in [6.45, 7) is 7.72. The van der Waals surface area contributed by atoms with Crippen molar-refractivity contribution in [2.45, 2.75) is 39.5 Å². The molecule has 0 N–H and O–H groups in total. The van der Waals surface area contributed by atoms with Crippen molar-refractivity contribution in [2.75, 3.05) is 57.3 Å². The number of rotatable bonds is 10. The van der Waals surface area contributed by atoms with Gasteiger partial charge in [-0.15, -0.1) is 11.8 Å². The molecule has 2 aliphatic heterocycles. The fourth-order valence-electron chi connectivity index (χ4n) is 5.95. The summed E-state index contributed by atoms with van der Waals surface area (Å²) in [7, 11) is 0. The van der Waals surface area contributed by atoms with E-state index in [0.717, 1.165) is 76.4 Å². The Morgan fingerprint density at radius 3 is 2.26 bits per heavy atom. The number of alkyl halides is 3. The summed E-state index contributed by atoms with van der Waals surface area (Å²) >= 11 is 15.7. The van der Waals surface area contributed by atoms with Crippen LogP contribution in [0.15, 0.2) is 87.5 Å². The third kappa shape index (κ3) is 8.00. The molecule has 2 heterocycles. The van der Waals surface area contributed by atoms with Crippen LogP contribution in [0.5, 0.6) is 0 Å². The van der Waals surface area contributed by atoms with Crippen molar-refractivity contribution in [3.05, 3.63) is 88.4 Å². The van der Waals surface area contributed by atoms with Crippen LogP contribution in [-0.2, 0) is 15.7 Å². The van der Waals surface area contributed by atoms with Gasteiger partial charge in [-0.2, -0.15) is 13.2 Å². The van der Waals surface area contributed by atoms with E-state index in [4.69, 9.17) is 27.9 Å². The number of benzene rings is 4. The minimum Gasteiger partial charge on any atom is -0.463 e. The first kappa shape index (κ1) is 34.3. The molecule has 5 nitrogen and oxygen atoms in total. The van der Waals surface area contributed by atoms with E-state index in [2.05, 4.69) is 9.80 Å². The van der Waals surface area contributed by atoms with Gasteiger partial charge in [0.1, 0.15) is 11.9 Å². The zero-order valence-electron chi connectivity index (χ0n) is 25.7. The zero-order chi connectivity index (χ0) is 33.1. The van der Waals surface area contributed by atoms with Crippen LogP contribution in [0.2, 0.25) is 10.0 Å². The van der Waals surface area contributed by atoms with Gasteiger partial charge in [0.2, 0.25) is 0 Å². The largest absolute Gasteiger partial charge is 0.463 e. The smallest absolute Gasteiger partial charge is 0.416 e. The van der Waals surface area contributed by atoms with Crippen LogP contribution in [0.3, 0.4) is 0 Å². The van der Waals surface area contributed by atoms with Gasteiger partial charge in [0.05, 0.1) is 22.0 Å². The Morgan fingerprint density at radius 1 is 0.851 bits per heavy atom. The molecule has 1 saturated heterocycles. The normalized spacial score (nSPS) is 16.2. The third-order valence-electron chi connectivity index (χ3n) is 8.45. The summed E-state index contributed by atoms with van der Waals surface area (Å²) in [5.41, 5.74) is 0.928. The first-order valence-electron chi connectivity index (χ1n) is 15.5. The van der Waals surface area contributed by atoms with Crippen LogP contribution in [-0.4, -0.2) is 73.4 Å². The molecule has 4 aromatic rings. The lowest BCUT2D eigenvalue weighted by atomic mass is 10.1. The van der Waals surface area contributed by atoms with Crippen LogP contribution in [0.1, 0.15) is 18.9 Å². The molecule has 0 saturated carbocycles. The van der Waals surface area contributed by atoms with Crippen molar-refractivity contribution >= 4 is 74.8 Å². The lowest BCUT2D eigenvalue weighted by Gasteiger charge is -2.36. The average Bonchev–Trinajstić information content (AvgIpc) is 3.06. The number of esters is 1. The average molecular weight is 721 g/mol. The van der Waals surface area contributed by atoms with Crippen molar-refractivity contribution in [3.63, 3.8) is 0 Å². The molecule has 0 aromatic heterocycles. The second-order valence-corrected chi connectivity index (χ2v) is 14.8. The maximum Gasteiger partial charge on any atom is 0.416 e. The Kier molecular flexibility index (Phi) is 10.9. The molecule has 4 aromatic carbocycles. The molecule has 0 spiro atoms. The molecule has 0 bridgehead atoms. The van der Waals surface area contributed by atoms with Crippen molar-refractivity contribution in [3.8, 4) is 0 Å². The lowest BCUT2D eigenvalue weighted by Crippen LogP contribution is -2.47. The Bertz CT molecular complexity index is 1750. The maximum absolute atomic E-state index is 13.5. The fourth-order valence-corrected chi connectivity index (χ4v) is 8.69. The SMILES string of the molecule is CC(Sc1c(Cl)cc(Cl)c2ccccc12)C(=O)OCCN1CCN(CCCN2c3ccccc3Sc3ccc(C(F)(F)F)cc32)CC1. The monoisotopic (exact) mass is 719 g/mol. The van der Waals surface area contributed by atoms with Gasteiger partial charge in [-0.1, -0.05) is 71.4 Å². The number of nitrogens with zero attached hydrogens (tertiary/aromatic N) is 3. The highest BCUT2D eigenvalue weighted by Crippen LogP contribution is 2.49. The number of para-hydroxylation sites is 1. The van der Waals surface area contributed by atoms with Crippen molar-refractivity contribution in [1.82, 2.24) is 9.80 Å². The van der Waals surface area contributed by atoms with Crippen molar-refractivity contribution in [2.24, 2.45) is 0 Å². The standard InChI is InChI=1S/C35H34Cl2F3N3O2S2/c1-23(46-33-26-8-3-2-7-25(26)27(36)22-28(33)37)34(44)45-20-19-42-17-15-41(16-18-42)13-6-14-43-29-9-4-5-10-31(29)47-32-12-11-24(21-30(32)43)35(38,39)40/h2-5,7-12,21-23H,6,13-20H2,1H3. The third-order valence-corrected chi connectivity index (χ3v) is 11.5. The van der Waals surface area contributed by atoms with Crippen molar-refractivity contribution < 1.29 is 22.7 Å². The summed E-state index contributed by atoms with van der Waals surface area (Å²) < 4.78 is 46.3. The molecular formula is C35H34Cl2F3N3O2S2. The Hall–Kier alpha value is -2.60. The zero-order valence-corrected chi connectivity index (χ0v) is 28.9. The number of carbonyl (C=O) groups is 1. The number of halogens is 5. The lowest BCUT2D eigenvalue weighted by molar-refractivity contribution is -0.143. The molecule has 0 radical (unpaired) electrons. The molecule has 1 fully saturated rings. The molecule has 12 heteroatoms. The van der Waals surface area contributed by atoms with E-state index in [9.17, 15) is 18.0 Å². The molecule has 248 valence electrons. The van der Waals surface area contributed by atoms with Crippen LogP contribution in [0, 0.1) is 0 Å². The summed E-state index contributed by atoms with van der Waals surface area (Å²) in [6.07, 6.45) is -3.58. The molecule has 1 unspecified atom stereocenters. The second kappa shape index (κ2) is 14.9. The first-order valence-corrected chi connectivity index (χ1v) is 17.9. The number of thioether (sulfide) groups is 1. The highest BCUT2D eigenvalue weighted by atomic mass is 35.5. The van der Waals surface area contributed by atoms with Gasteiger partial charge in [-0.3, -0.25) is 9.69 Å². The van der Waals surface area contributed by atoms with E-state index in [0.29, 0.717) is 35.4 Å². The number of hydrogen-bond acceptors (Lipinski definition) is 7. The molecule has 0 amide bonds. The molecule has 6 rings (SSSR count). The molecule has 47 heavy (non-hydrogen) atoms. The minimum absolute atomic E-state index is 0.287. The van der Waals surface area contributed by atoms with Gasteiger partial charge in [0.25, 0.3) is 0 Å². The van der Waals surface area contributed by atoms with Gasteiger partial charge < -0.3 is 14.5 Å². The van der Waals surface area contributed by atoms with E-state index in [1.165, 1.54) is 29.6 Å².